The van der Waals surface area contributed by atoms with Crippen molar-refractivity contribution in [3.8, 4) is 11.4 Å². The molecule has 0 amide bonds. The molecule has 2 rings (SSSR count). The van der Waals surface area contributed by atoms with E-state index in [1.807, 2.05) is 18.2 Å². The quantitative estimate of drug-likeness (QED) is 0.890. The lowest BCUT2D eigenvalue weighted by Crippen LogP contribution is -2.09. The van der Waals surface area contributed by atoms with Crippen molar-refractivity contribution in [2.24, 2.45) is 0 Å². The van der Waals surface area contributed by atoms with E-state index in [9.17, 15) is 4.79 Å². The number of rotatable bonds is 3. The Bertz CT molecular complexity index is 522. The molecule has 0 spiro atoms. The van der Waals surface area contributed by atoms with E-state index < -0.39 is 5.97 Å². The van der Waals surface area contributed by atoms with Crippen molar-refractivity contribution >= 4 is 17.6 Å². The van der Waals surface area contributed by atoms with E-state index in [1.165, 1.54) is 0 Å². The Morgan fingerprint density at radius 1 is 1.44 bits per heavy atom. The highest BCUT2D eigenvalue weighted by molar-refractivity contribution is 6.33. The second-order valence-electron chi connectivity index (χ2n) is 3.25. The van der Waals surface area contributed by atoms with Crippen LogP contribution in [0.3, 0.4) is 0 Å². The van der Waals surface area contributed by atoms with Crippen molar-refractivity contribution in [1.29, 1.82) is 0 Å². The number of benzene rings is 1. The third kappa shape index (κ3) is 2.06. The Labute approximate surface area is 97.1 Å². The lowest BCUT2D eigenvalue weighted by atomic mass is 10.2. The molecular formula is C11H9ClN2O2. The zero-order valence-electron chi connectivity index (χ0n) is 8.30. The molecule has 1 heterocycles. The fourth-order valence-corrected chi connectivity index (χ4v) is 1.69. The summed E-state index contributed by atoms with van der Waals surface area (Å²) in [4.78, 5) is 14.8. The fourth-order valence-electron chi connectivity index (χ4n) is 1.47. The van der Waals surface area contributed by atoms with Crippen LogP contribution in [-0.2, 0) is 11.3 Å². The Balaban J connectivity index is 2.45. The SMILES string of the molecule is O=C(O)Cn1ccnc1-c1ccccc1Cl. The highest BCUT2D eigenvalue weighted by Gasteiger charge is 2.10. The number of hydrogen-bond acceptors (Lipinski definition) is 2. The minimum absolute atomic E-state index is 0.124. The molecule has 0 bridgehead atoms. The van der Waals surface area contributed by atoms with Crippen LogP contribution in [0, 0.1) is 0 Å². The zero-order chi connectivity index (χ0) is 11.5. The molecule has 1 aromatic carbocycles. The van der Waals surface area contributed by atoms with Gasteiger partial charge in [0.1, 0.15) is 12.4 Å². The highest BCUT2D eigenvalue weighted by atomic mass is 35.5. The number of halogens is 1. The Hall–Kier alpha value is -1.81. The van der Waals surface area contributed by atoms with Gasteiger partial charge in [0.15, 0.2) is 0 Å². The van der Waals surface area contributed by atoms with Gasteiger partial charge < -0.3 is 9.67 Å². The minimum Gasteiger partial charge on any atom is -0.480 e. The van der Waals surface area contributed by atoms with Crippen molar-refractivity contribution < 1.29 is 9.90 Å². The molecular weight excluding hydrogens is 228 g/mol. The molecule has 0 saturated heterocycles. The minimum atomic E-state index is -0.911. The first-order valence-corrected chi connectivity index (χ1v) is 5.04. The summed E-state index contributed by atoms with van der Waals surface area (Å²) >= 11 is 6.02. The molecule has 0 saturated carbocycles. The fraction of sp³-hybridized carbons (Fsp3) is 0.0909. The number of carbonyl (C=O) groups is 1. The molecule has 0 unspecified atom stereocenters. The molecule has 0 fully saturated rings. The summed E-state index contributed by atoms with van der Waals surface area (Å²) in [5.74, 6) is -0.348. The van der Waals surface area contributed by atoms with E-state index >= 15 is 0 Å². The van der Waals surface area contributed by atoms with Gasteiger partial charge in [-0.2, -0.15) is 0 Å². The van der Waals surface area contributed by atoms with Gasteiger partial charge in [-0.25, -0.2) is 4.98 Å². The van der Waals surface area contributed by atoms with Crippen LogP contribution in [-0.4, -0.2) is 20.6 Å². The summed E-state index contributed by atoms with van der Waals surface area (Å²) in [5, 5.41) is 9.30. The maximum absolute atomic E-state index is 10.7. The van der Waals surface area contributed by atoms with Crippen molar-refractivity contribution in [2.75, 3.05) is 0 Å². The first kappa shape index (κ1) is 10.7. The second-order valence-corrected chi connectivity index (χ2v) is 3.66. The van der Waals surface area contributed by atoms with Crippen LogP contribution in [0.15, 0.2) is 36.7 Å². The Morgan fingerprint density at radius 2 is 2.19 bits per heavy atom. The Kier molecular flexibility index (Phi) is 2.92. The van der Waals surface area contributed by atoms with Gasteiger partial charge in [-0.1, -0.05) is 23.7 Å². The molecule has 1 N–H and O–H groups in total. The predicted octanol–water partition coefficient (Wildman–Crippen LogP) is 2.29. The number of carboxylic acid groups (broad SMARTS) is 1. The number of imidazole rings is 1. The summed E-state index contributed by atoms with van der Waals surface area (Å²) in [5.41, 5.74) is 0.732. The van der Waals surface area contributed by atoms with Crippen molar-refractivity contribution in [2.45, 2.75) is 6.54 Å². The average molecular weight is 237 g/mol. The zero-order valence-corrected chi connectivity index (χ0v) is 9.05. The topological polar surface area (TPSA) is 55.1 Å². The average Bonchev–Trinajstić information content (AvgIpc) is 2.66. The van der Waals surface area contributed by atoms with Crippen molar-refractivity contribution in [3.63, 3.8) is 0 Å². The van der Waals surface area contributed by atoms with Gasteiger partial charge in [-0.3, -0.25) is 4.79 Å². The first-order valence-electron chi connectivity index (χ1n) is 4.66. The second kappa shape index (κ2) is 4.37. The summed E-state index contributed by atoms with van der Waals surface area (Å²) in [7, 11) is 0. The maximum atomic E-state index is 10.7. The van der Waals surface area contributed by atoms with Crippen molar-refractivity contribution in [3.05, 3.63) is 41.7 Å². The van der Waals surface area contributed by atoms with Gasteiger partial charge in [-0.05, 0) is 12.1 Å². The molecule has 5 heteroatoms. The van der Waals surface area contributed by atoms with Gasteiger partial charge in [-0.15, -0.1) is 0 Å². The van der Waals surface area contributed by atoms with Gasteiger partial charge >= 0.3 is 5.97 Å². The maximum Gasteiger partial charge on any atom is 0.323 e. The largest absolute Gasteiger partial charge is 0.480 e. The van der Waals surface area contributed by atoms with Gasteiger partial charge in [0.25, 0.3) is 0 Å². The number of nitrogens with zero attached hydrogens (tertiary/aromatic N) is 2. The number of aromatic nitrogens is 2. The molecule has 2 aromatic rings. The van der Waals surface area contributed by atoms with Crippen LogP contribution in [0.5, 0.6) is 0 Å². The van der Waals surface area contributed by atoms with Gasteiger partial charge in [0, 0.05) is 18.0 Å². The summed E-state index contributed by atoms with van der Waals surface area (Å²) in [6.07, 6.45) is 3.17. The first-order chi connectivity index (χ1) is 7.68. The smallest absolute Gasteiger partial charge is 0.323 e. The highest BCUT2D eigenvalue weighted by Crippen LogP contribution is 2.25. The molecule has 0 atom stereocenters. The molecule has 82 valence electrons. The molecule has 0 aliphatic heterocycles. The monoisotopic (exact) mass is 236 g/mol. The van der Waals surface area contributed by atoms with E-state index in [2.05, 4.69) is 4.98 Å². The van der Waals surface area contributed by atoms with Gasteiger partial charge in [0.05, 0.1) is 5.02 Å². The van der Waals surface area contributed by atoms with Crippen LogP contribution < -0.4 is 0 Å². The summed E-state index contributed by atoms with van der Waals surface area (Å²) < 4.78 is 1.55. The predicted molar refractivity (Wildman–Crippen MR) is 60.3 cm³/mol. The van der Waals surface area contributed by atoms with Crippen LogP contribution in [0.1, 0.15) is 0 Å². The van der Waals surface area contributed by atoms with E-state index in [0.29, 0.717) is 10.8 Å². The summed E-state index contributed by atoms with van der Waals surface area (Å²) in [6, 6.07) is 7.21. The summed E-state index contributed by atoms with van der Waals surface area (Å²) in [6.45, 7) is -0.124. The van der Waals surface area contributed by atoms with Gasteiger partial charge in [0.2, 0.25) is 0 Å². The lowest BCUT2D eigenvalue weighted by Gasteiger charge is -2.06. The number of carboxylic acids is 1. The molecule has 1 aromatic heterocycles. The van der Waals surface area contributed by atoms with Crippen LogP contribution in [0.25, 0.3) is 11.4 Å². The lowest BCUT2D eigenvalue weighted by molar-refractivity contribution is -0.137. The van der Waals surface area contributed by atoms with Crippen LogP contribution in [0.4, 0.5) is 0 Å². The molecule has 16 heavy (non-hydrogen) atoms. The third-order valence-corrected chi connectivity index (χ3v) is 2.47. The van der Waals surface area contributed by atoms with E-state index in [4.69, 9.17) is 16.7 Å². The number of hydrogen-bond donors (Lipinski definition) is 1. The normalized spacial score (nSPS) is 10.3. The Morgan fingerprint density at radius 3 is 2.88 bits per heavy atom. The number of aliphatic carboxylic acids is 1. The molecule has 0 radical (unpaired) electrons. The van der Waals surface area contributed by atoms with E-state index in [0.717, 1.165) is 5.56 Å². The molecule has 0 aliphatic carbocycles. The molecule has 4 nitrogen and oxygen atoms in total. The van der Waals surface area contributed by atoms with E-state index in [-0.39, 0.29) is 6.54 Å². The van der Waals surface area contributed by atoms with E-state index in [1.54, 1.807) is 23.0 Å². The molecule has 0 aliphatic rings. The van der Waals surface area contributed by atoms with Crippen molar-refractivity contribution in [1.82, 2.24) is 9.55 Å². The standard InChI is InChI=1S/C11H9ClN2O2/c12-9-4-2-1-3-8(9)11-13-5-6-14(11)7-10(15)16/h1-6H,7H2,(H,15,16). The van der Waals surface area contributed by atoms with Crippen LogP contribution in [0.2, 0.25) is 5.02 Å². The third-order valence-electron chi connectivity index (χ3n) is 2.14. The van der Waals surface area contributed by atoms with Crippen LogP contribution >= 0.6 is 11.6 Å².